The van der Waals surface area contributed by atoms with E-state index in [4.69, 9.17) is 9.94 Å². The monoisotopic (exact) mass is 400 g/mol. The molecule has 0 bridgehead atoms. The van der Waals surface area contributed by atoms with Gasteiger partial charge in [0.05, 0.1) is 19.2 Å². The van der Waals surface area contributed by atoms with Crippen molar-refractivity contribution < 1.29 is 14.7 Å². The molecule has 0 saturated carbocycles. The van der Waals surface area contributed by atoms with Crippen molar-refractivity contribution in [1.29, 1.82) is 0 Å². The Morgan fingerprint density at radius 3 is 2.30 bits per heavy atom. The van der Waals surface area contributed by atoms with Crippen molar-refractivity contribution in [2.75, 3.05) is 7.11 Å². The zero-order chi connectivity index (χ0) is 21.1. The van der Waals surface area contributed by atoms with Crippen LogP contribution >= 0.6 is 0 Å². The van der Waals surface area contributed by atoms with Gasteiger partial charge in [0.25, 0.3) is 11.5 Å². The van der Waals surface area contributed by atoms with Crippen LogP contribution < -0.4 is 15.8 Å². The van der Waals surface area contributed by atoms with E-state index < -0.39 is 5.91 Å². The smallest absolute Gasteiger partial charge is 0.294 e. The van der Waals surface area contributed by atoms with E-state index in [1.807, 2.05) is 54.6 Å². The summed E-state index contributed by atoms with van der Waals surface area (Å²) in [5.41, 5.74) is 5.02. The molecule has 3 aromatic carbocycles. The van der Waals surface area contributed by atoms with Gasteiger partial charge in [-0.05, 0) is 29.3 Å². The van der Waals surface area contributed by atoms with Crippen LogP contribution in [0.3, 0.4) is 0 Å². The van der Waals surface area contributed by atoms with Gasteiger partial charge in [0.1, 0.15) is 0 Å². The van der Waals surface area contributed by atoms with Gasteiger partial charge in [-0.1, -0.05) is 60.7 Å². The highest BCUT2D eigenvalue weighted by molar-refractivity contribution is 5.98. The number of hydroxylamine groups is 1. The third-order valence-electron chi connectivity index (χ3n) is 5.06. The summed E-state index contributed by atoms with van der Waals surface area (Å²) in [5, 5.41) is 9.68. The van der Waals surface area contributed by atoms with E-state index in [-0.39, 0.29) is 11.3 Å². The van der Waals surface area contributed by atoms with Gasteiger partial charge >= 0.3 is 0 Å². The van der Waals surface area contributed by atoms with Crippen molar-refractivity contribution in [2.24, 2.45) is 0 Å². The van der Waals surface area contributed by atoms with Gasteiger partial charge in [-0.25, -0.2) is 5.48 Å². The molecule has 0 saturated heterocycles. The zero-order valence-electron chi connectivity index (χ0n) is 16.3. The number of rotatable bonds is 5. The molecule has 150 valence electrons. The van der Waals surface area contributed by atoms with Crippen molar-refractivity contribution in [2.45, 2.75) is 6.54 Å². The minimum atomic E-state index is -0.585. The molecule has 30 heavy (non-hydrogen) atoms. The van der Waals surface area contributed by atoms with Gasteiger partial charge in [0.2, 0.25) is 0 Å². The van der Waals surface area contributed by atoms with E-state index in [9.17, 15) is 9.59 Å². The van der Waals surface area contributed by atoms with Gasteiger partial charge in [0, 0.05) is 16.5 Å². The molecule has 4 rings (SSSR count). The maximum atomic E-state index is 13.4. The summed E-state index contributed by atoms with van der Waals surface area (Å²) in [4.78, 5) is 24.9. The first-order chi connectivity index (χ1) is 14.6. The van der Waals surface area contributed by atoms with E-state index in [2.05, 4.69) is 0 Å². The van der Waals surface area contributed by atoms with Gasteiger partial charge in [-0.2, -0.15) is 0 Å². The Labute approximate surface area is 172 Å². The predicted octanol–water partition coefficient (Wildman–Crippen LogP) is 3.84. The molecule has 1 heterocycles. The lowest BCUT2D eigenvalue weighted by molar-refractivity contribution is 0.0706. The Kier molecular flexibility index (Phi) is 5.32. The number of methoxy groups -OCH3 is 1. The van der Waals surface area contributed by atoms with Crippen LogP contribution in [0.4, 0.5) is 0 Å². The highest BCUT2D eigenvalue weighted by atomic mass is 16.5. The summed E-state index contributed by atoms with van der Waals surface area (Å²) in [6, 6.07) is 24.1. The van der Waals surface area contributed by atoms with Crippen LogP contribution in [0, 0.1) is 0 Å². The minimum absolute atomic E-state index is 0.229. The number of benzene rings is 3. The Morgan fingerprint density at radius 2 is 1.63 bits per heavy atom. The number of ether oxygens (including phenoxy) is 1. The Morgan fingerprint density at radius 1 is 0.967 bits per heavy atom. The van der Waals surface area contributed by atoms with Crippen molar-refractivity contribution >= 4 is 16.8 Å². The quantitative estimate of drug-likeness (QED) is 0.394. The molecule has 4 aromatic rings. The van der Waals surface area contributed by atoms with Crippen LogP contribution in [0.25, 0.3) is 22.0 Å². The lowest BCUT2D eigenvalue weighted by Gasteiger charge is -2.17. The molecule has 0 aliphatic rings. The fourth-order valence-electron chi connectivity index (χ4n) is 3.63. The third kappa shape index (κ3) is 3.44. The highest BCUT2D eigenvalue weighted by Gasteiger charge is 2.19. The fourth-order valence-corrected chi connectivity index (χ4v) is 3.63. The Hall–Kier alpha value is -3.90. The second-order valence-electron chi connectivity index (χ2n) is 6.82. The van der Waals surface area contributed by atoms with E-state index in [0.717, 1.165) is 27.6 Å². The summed E-state index contributed by atoms with van der Waals surface area (Å²) in [6.07, 6.45) is 0. The van der Waals surface area contributed by atoms with E-state index in [1.54, 1.807) is 34.3 Å². The summed E-state index contributed by atoms with van der Waals surface area (Å²) >= 11 is 0. The summed E-state index contributed by atoms with van der Waals surface area (Å²) in [7, 11) is 1.50. The number of fused-ring (bicyclic) bond motifs is 1. The summed E-state index contributed by atoms with van der Waals surface area (Å²) in [5.74, 6) is -0.297. The number of carbonyl (C=O) groups is 1. The predicted molar refractivity (Wildman–Crippen MR) is 115 cm³/mol. The minimum Gasteiger partial charge on any atom is -0.491 e. The normalized spacial score (nSPS) is 10.7. The van der Waals surface area contributed by atoms with Gasteiger partial charge < -0.3 is 9.30 Å². The van der Waals surface area contributed by atoms with Crippen LogP contribution in [0.1, 0.15) is 15.9 Å². The van der Waals surface area contributed by atoms with Gasteiger partial charge in [-0.15, -0.1) is 0 Å². The van der Waals surface area contributed by atoms with Crippen LogP contribution in [0.2, 0.25) is 0 Å². The molecule has 2 N–H and O–H groups in total. The first kappa shape index (κ1) is 19.4. The van der Waals surface area contributed by atoms with Gasteiger partial charge in [-0.3, -0.25) is 14.8 Å². The SMILES string of the molecule is COc1c(-c2ccccc2)c2ccccc2n(Cc2ccc(C(=O)NO)cc2)c1=O. The van der Waals surface area contributed by atoms with Crippen LogP contribution in [-0.2, 0) is 6.54 Å². The molecule has 0 atom stereocenters. The molecule has 6 heteroatoms. The molecule has 0 aliphatic heterocycles. The first-order valence-corrected chi connectivity index (χ1v) is 9.42. The van der Waals surface area contributed by atoms with Crippen molar-refractivity contribution in [3.05, 3.63) is 100 Å². The van der Waals surface area contributed by atoms with Crippen LogP contribution in [0.15, 0.2) is 83.7 Å². The number of hydrogen-bond acceptors (Lipinski definition) is 4. The van der Waals surface area contributed by atoms with Crippen molar-refractivity contribution in [3.63, 3.8) is 0 Å². The van der Waals surface area contributed by atoms with E-state index >= 15 is 0 Å². The topological polar surface area (TPSA) is 80.6 Å². The number of nitrogens with zero attached hydrogens (tertiary/aromatic N) is 1. The van der Waals surface area contributed by atoms with Crippen LogP contribution in [0.5, 0.6) is 5.75 Å². The molecular formula is C24H20N2O4. The molecule has 1 aromatic heterocycles. The third-order valence-corrected chi connectivity index (χ3v) is 5.06. The fraction of sp³-hybridized carbons (Fsp3) is 0.0833. The molecular weight excluding hydrogens is 380 g/mol. The molecule has 0 spiro atoms. The van der Waals surface area contributed by atoms with Crippen LogP contribution in [-0.4, -0.2) is 22.8 Å². The number of hydrogen-bond donors (Lipinski definition) is 2. The second-order valence-corrected chi connectivity index (χ2v) is 6.82. The molecule has 1 amide bonds. The lowest BCUT2D eigenvalue weighted by Crippen LogP contribution is -2.23. The maximum absolute atomic E-state index is 13.4. The Balaban J connectivity index is 1.89. The number of carbonyl (C=O) groups excluding carboxylic acids is 1. The number of para-hydroxylation sites is 1. The maximum Gasteiger partial charge on any atom is 0.294 e. The van der Waals surface area contributed by atoms with E-state index in [0.29, 0.717) is 12.1 Å². The molecule has 0 unspecified atom stereocenters. The highest BCUT2D eigenvalue weighted by Crippen LogP contribution is 2.34. The number of amides is 1. The summed E-state index contributed by atoms with van der Waals surface area (Å²) < 4.78 is 7.24. The molecule has 6 nitrogen and oxygen atoms in total. The van der Waals surface area contributed by atoms with E-state index in [1.165, 1.54) is 7.11 Å². The number of nitrogens with one attached hydrogen (secondary N) is 1. The molecule has 0 aliphatic carbocycles. The van der Waals surface area contributed by atoms with Crippen molar-refractivity contribution in [3.8, 4) is 16.9 Å². The standard InChI is InChI=1S/C24H20N2O4/c1-30-22-21(17-7-3-2-4-8-17)19-9-5-6-10-20(19)26(24(22)28)15-16-11-13-18(14-12-16)23(27)25-29/h2-14,29H,15H2,1H3,(H,25,27). The lowest BCUT2D eigenvalue weighted by atomic mass is 9.99. The number of pyridine rings is 1. The largest absolute Gasteiger partial charge is 0.491 e. The average molecular weight is 400 g/mol. The van der Waals surface area contributed by atoms with Crippen molar-refractivity contribution in [1.82, 2.24) is 10.0 Å². The Bertz CT molecular complexity index is 1260. The molecule has 0 fully saturated rings. The second kappa shape index (κ2) is 8.23. The van der Waals surface area contributed by atoms with Gasteiger partial charge in [0.15, 0.2) is 5.75 Å². The zero-order valence-corrected chi connectivity index (χ0v) is 16.3. The molecule has 0 radical (unpaired) electrons. The average Bonchev–Trinajstić information content (AvgIpc) is 2.81. The summed E-state index contributed by atoms with van der Waals surface area (Å²) in [6.45, 7) is 0.311. The first-order valence-electron chi connectivity index (χ1n) is 9.42. The number of aromatic nitrogens is 1.